The van der Waals surface area contributed by atoms with Crippen LogP contribution in [0, 0.1) is 6.92 Å². The number of benzene rings is 2. The maximum absolute atomic E-state index is 12.1. The van der Waals surface area contributed by atoms with E-state index in [1.165, 1.54) is 0 Å². The summed E-state index contributed by atoms with van der Waals surface area (Å²) in [6, 6.07) is 14.3. The summed E-state index contributed by atoms with van der Waals surface area (Å²) in [6.07, 6.45) is 0.454. The number of carbonyl (C=O) groups excluding carboxylic acids is 2. The molecule has 5 heteroatoms. The molecule has 0 aromatic heterocycles. The molecule has 2 aromatic rings. The minimum Gasteiger partial charge on any atom is -0.289 e. The molecule has 1 heterocycles. The number of imide groups is 1. The van der Waals surface area contributed by atoms with Crippen molar-refractivity contribution in [1.82, 2.24) is 5.32 Å². The first kappa shape index (κ1) is 15.4. The lowest BCUT2D eigenvalue weighted by atomic mass is 10.0. The zero-order valence-electron chi connectivity index (χ0n) is 12.5. The van der Waals surface area contributed by atoms with Gasteiger partial charge in [-0.3, -0.25) is 19.9 Å². The summed E-state index contributed by atoms with van der Waals surface area (Å²) in [7, 11) is 0. The van der Waals surface area contributed by atoms with E-state index in [0.717, 1.165) is 11.1 Å². The van der Waals surface area contributed by atoms with E-state index in [0.29, 0.717) is 17.0 Å². The van der Waals surface area contributed by atoms with Crippen LogP contribution in [0.2, 0.25) is 5.02 Å². The van der Waals surface area contributed by atoms with Crippen LogP contribution in [0.3, 0.4) is 0 Å². The van der Waals surface area contributed by atoms with Crippen molar-refractivity contribution in [3.8, 4) is 0 Å². The van der Waals surface area contributed by atoms with E-state index in [9.17, 15) is 9.59 Å². The molecule has 4 nitrogen and oxygen atoms in total. The second-order valence-corrected chi connectivity index (χ2v) is 5.87. The Balaban J connectivity index is 1.94. The average Bonchev–Trinajstić information content (AvgIpc) is 2.54. The van der Waals surface area contributed by atoms with Gasteiger partial charge in [0.25, 0.3) is 11.8 Å². The van der Waals surface area contributed by atoms with E-state index < -0.39 is 11.9 Å². The number of aliphatic imine (C=N–C) groups is 1. The van der Waals surface area contributed by atoms with E-state index in [-0.39, 0.29) is 11.6 Å². The Morgan fingerprint density at radius 1 is 1.13 bits per heavy atom. The molecular formula is C18H15ClN2O2. The zero-order valence-corrected chi connectivity index (χ0v) is 13.3. The molecule has 0 aliphatic carbocycles. The van der Waals surface area contributed by atoms with Gasteiger partial charge in [-0.05, 0) is 30.2 Å². The summed E-state index contributed by atoms with van der Waals surface area (Å²) in [5.41, 5.74) is 2.79. The smallest absolute Gasteiger partial charge is 0.276 e. The second-order valence-electron chi connectivity index (χ2n) is 5.47. The molecule has 0 radical (unpaired) electrons. The SMILES string of the molecule is Cc1cc(C2=NC(Cc3ccccc3)C(=O)NC2=O)ccc1Cl. The number of halogens is 1. The Morgan fingerprint density at radius 3 is 2.57 bits per heavy atom. The third-order valence-corrected chi connectivity index (χ3v) is 4.17. The topological polar surface area (TPSA) is 58.5 Å². The Morgan fingerprint density at radius 2 is 1.87 bits per heavy atom. The highest BCUT2D eigenvalue weighted by atomic mass is 35.5. The van der Waals surface area contributed by atoms with E-state index in [4.69, 9.17) is 11.6 Å². The van der Waals surface area contributed by atoms with E-state index in [2.05, 4.69) is 10.3 Å². The van der Waals surface area contributed by atoms with Crippen LogP contribution in [0.15, 0.2) is 53.5 Å². The molecule has 2 aromatic carbocycles. The molecule has 0 fully saturated rings. The summed E-state index contributed by atoms with van der Waals surface area (Å²) in [4.78, 5) is 28.5. The van der Waals surface area contributed by atoms with Crippen LogP contribution in [-0.2, 0) is 16.0 Å². The van der Waals surface area contributed by atoms with Gasteiger partial charge in [-0.15, -0.1) is 0 Å². The fourth-order valence-corrected chi connectivity index (χ4v) is 2.62. The van der Waals surface area contributed by atoms with Crippen LogP contribution in [0.25, 0.3) is 0 Å². The van der Waals surface area contributed by atoms with Gasteiger partial charge < -0.3 is 0 Å². The summed E-state index contributed by atoms with van der Waals surface area (Å²) in [5, 5.41) is 3.02. The van der Waals surface area contributed by atoms with E-state index in [1.807, 2.05) is 37.3 Å². The Labute approximate surface area is 139 Å². The third kappa shape index (κ3) is 3.32. The number of amides is 2. The molecule has 2 amide bonds. The van der Waals surface area contributed by atoms with Crippen LogP contribution < -0.4 is 5.32 Å². The number of nitrogens with one attached hydrogen (secondary N) is 1. The van der Waals surface area contributed by atoms with Crippen molar-refractivity contribution in [3.05, 3.63) is 70.2 Å². The van der Waals surface area contributed by atoms with Gasteiger partial charge in [-0.2, -0.15) is 0 Å². The standard InChI is InChI=1S/C18H15ClN2O2/c1-11-9-13(7-8-14(11)19)16-18(23)21-17(22)15(20-16)10-12-5-3-2-4-6-12/h2-9,15H,10H2,1H3,(H,21,22,23). The fourth-order valence-electron chi connectivity index (χ4n) is 2.50. The normalized spacial score (nSPS) is 17.7. The van der Waals surface area contributed by atoms with Crippen LogP contribution in [0.4, 0.5) is 0 Å². The number of nitrogens with zero attached hydrogens (tertiary/aromatic N) is 1. The van der Waals surface area contributed by atoms with Crippen molar-refractivity contribution in [1.29, 1.82) is 0 Å². The van der Waals surface area contributed by atoms with Gasteiger partial charge in [-0.25, -0.2) is 0 Å². The molecule has 1 aliphatic rings. The first-order valence-electron chi connectivity index (χ1n) is 7.28. The van der Waals surface area contributed by atoms with Crippen molar-refractivity contribution in [3.63, 3.8) is 0 Å². The first-order chi connectivity index (χ1) is 11.0. The highest BCUT2D eigenvalue weighted by Gasteiger charge is 2.29. The lowest BCUT2D eigenvalue weighted by molar-refractivity contribution is -0.128. The van der Waals surface area contributed by atoms with Crippen molar-refractivity contribution in [2.24, 2.45) is 4.99 Å². The lowest BCUT2D eigenvalue weighted by Gasteiger charge is -2.20. The van der Waals surface area contributed by atoms with Gasteiger partial charge in [0.05, 0.1) is 0 Å². The van der Waals surface area contributed by atoms with Gasteiger partial charge in [-0.1, -0.05) is 48.0 Å². The molecule has 1 N–H and O–H groups in total. The maximum atomic E-state index is 12.1. The maximum Gasteiger partial charge on any atom is 0.276 e. The van der Waals surface area contributed by atoms with Crippen molar-refractivity contribution < 1.29 is 9.59 Å². The molecule has 116 valence electrons. The monoisotopic (exact) mass is 326 g/mol. The highest BCUT2D eigenvalue weighted by Crippen LogP contribution is 2.19. The van der Waals surface area contributed by atoms with Crippen LogP contribution in [0.5, 0.6) is 0 Å². The summed E-state index contributed by atoms with van der Waals surface area (Å²) in [5.74, 6) is -0.839. The fraction of sp³-hybridized carbons (Fsp3) is 0.167. The van der Waals surface area contributed by atoms with E-state index in [1.54, 1.807) is 18.2 Å². The molecule has 1 unspecified atom stereocenters. The number of aryl methyl sites for hydroxylation is 1. The number of rotatable bonds is 3. The summed E-state index contributed by atoms with van der Waals surface area (Å²) >= 11 is 6.02. The number of hydrogen-bond donors (Lipinski definition) is 1. The largest absolute Gasteiger partial charge is 0.289 e. The summed E-state index contributed by atoms with van der Waals surface area (Å²) < 4.78 is 0. The quantitative estimate of drug-likeness (QED) is 0.882. The van der Waals surface area contributed by atoms with Crippen LogP contribution >= 0.6 is 11.6 Å². The van der Waals surface area contributed by atoms with Crippen molar-refractivity contribution in [2.75, 3.05) is 0 Å². The minimum atomic E-state index is -0.610. The van der Waals surface area contributed by atoms with Gasteiger partial charge in [0.15, 0.2) is 0 Å². The summed E-state index contributed by atoms with van der Waals surface area (Å²) in [6.45, 7) is 1.86. The van der Waals surface area contributed by atoms with E-state index >= 15 is 0 Å². The second kappa shape index (κ2) is 6.34. The molecule has 1 atom stereocenters. The molecule has 0 spiro atoms. The number of carbonyl (C=O) groups is 2. The van der Waals surface area contributed by atoms with Crippen LogP contribution in [-0.4, -0.2) is 23.6 Å². The zero-order chi connectivity index (χ0) is 16.4. The molecule has 1 aliphatic heterocycles. The van der Waals surface area contributed by atoms with Gasteiger partial charge >= 0.3 is 0 Å². The van der Waals surface area contributed by atoms with Crippen LogP contribution in [0.1, 0.15) is 16.7 Å². The Hall–Kier alpha value is -2.46. The molecule has 23 heavy (non-hydrogen) atoms. The average molecular weight is 327 g/mol. The molecule has 0 bridgehead atoms. The first-order valence-corrected chi connectivity index (χ1v) is 7.66. The van der Waals surface area contributed by atoms with Gasteiger partial charge in [0.1, 0.15) is 11.8 Å². The third-order valence-electron chi connectivity index (χ3n) is 3.74. The predicted octanol–water partition coefficient (Wildman–Crippen LogP) is 2.71. The van der Waals surface area contributed by atoms with Gasteiger partial charge in [0, 0.05) is 17.0 Å². The molecule has 3 rings (SSSR count). The number of hydrogen-bond acceptors (Lipinski definition) is 3. The highest BCUT2D eigenvalue weighted by molar-refractivity contribution is 6.48. The Kier molecular flexibility index (Phi) is 4.26. The molecular weight excluding hydrogens is 312 g/mol. The molecule has 0 saturated heterocycles. The predicted molar refractivity (Wildman–Crippen MR) is 89.8 cm³/mol. The van der Waals surface area contributed by atoms with Crippen molar-refractivity contribution >= 4 is 29.1 Å². The lowest BCUT2D eigenvalue weighted by Crippen LogP contribution is -2.47. The molecule has 0 saturated carbocycles. The minimum absolute atomic E-state index is 0.269. The Bertz CT molecular complexity index is 800. The van der Waals surface area contributed by atoms with Crippen molar-refractivity contribution in [2.45, 2.75) is 19.4 Å². The van der Waals surface area contributed by atoms with Gasteiger partial charge in [0.2, 0.25) is 0 Å².